The Balaban J connectivity index is 4.55. The highest BCUT2D eigenvalue weighted by molar-refractivity contribution is 4.88. The van der Waals surface area contributed by atoms with Crippen LogP contribution in [0.25, 0.3) is 0 Å². The maximum atomic E-state index is 6.11. The Hall–Kier alpha value is -0.0800. The Morgan fingerprint density at radius 1 is 0.571 bits per heavy atom. The van der Waals surface area contributed by atoms with Gasteiger partial charge in [-0.25, -0.2) is 0 Å². The zero-order valence-corrected chi connectivity index (χ0v) is 20.7. The number of rotatable bonds is 19. The molecule has 0 rings (SSSR count). The summed E-state index contributed by atoms with van der Waals surface area (Å²) < 4.78 is 12.2. The Labute approximate surface area is 178 Å². The molecule has 0 bridgehead atoms. The predicted octanol–water partition coefficient (Wildman–Crippen LogP) is 8.92. The predicted molar refractivity (Wildman–Crippen MR) is 125 cm³/mol. The molecule has 0 aromatic heterocycles. The summed E-state index contributed by atoms with van der Waals surface area (Å²) in [4.78, 5) is 0. The van der Waals surface area contributed by atoms with Gasteiger partial charge in [-0.2, -0.15) is 0 Å². The normalized spacial score (nSPS) is 13.8. The molecule has 2 heteroatoms. The number of unbranched alkanes of at least 4 members (excludes halogenated alkanes) is 12. The van der Waals surface area contributed by atoms with Crippen LogP contribution >= 0.6 is 0 Å². The molecule has 1 unspecified atom stereocenters. The topological polar surface area (TPSA) is 18.5 Å². The summed E-state index contributed by atoms with van der Waals surface area (Å²) >= 11 is 0. The first-order chi connectivity index (χ1) is 13.4. The van der Waals surface area contributed by atoms with Crippen molar-refractivity contribution in [3.05, 3.63) is 0 Å². The van der Waals surface area contributed by atoms with E-state index < -0.39 is 5.79 Å². The van der Waals surface area contributed by atoms with Crippen LogP contribution in [-0.4, -0.2) is 20.0 Å². The van der Waals surface area contributed by atoms with E-state index >= 15 is 0 Å². The maximum Gasteiger partial charge on any atom is 0.170 e. The fourth-order valence-electron chi connectivity index (χ4n) is 4.69. The van der Waals surface area contributed by atoms with Gasteiger partial charge in [0.15, 0.2) is 5.79 Å². The standard InChI is InChI=1S/C26H54O2/c1-8-10-12-14-16-17-19-21-23-26(27-6,28-7)24(25(3,4)5)22-20-18-15-13-11-9-2/h24H,8-23H2,1-7H3. The molecule has 0 aromatic carbocycles. The summed E-state index contributed by atoms with van der Waals surface area (Å²) in [5, 5.41) is 0. The molecular formula is C26H54O2. The van der Waals surface area contributed by atoms with Crippen LogP contribution in [0.2, 0.25) is 0 Å². The molecule has 0 amide bonds. The quantitative estimate of drug-likeness (QED) is 0.160. The Morgan fingerprint density at radius 3 is 1.36 bits per heavy atom. The molecule has 28 heavy (non-hydrogen) atoms. The molecule has 1 atom stereocenters. The molecule has 2 nitrogen and oxygen atoms in total. The molecule has 0 aliphatic carbocycles. The van der Waals surface area contributed by atoms with E-state index in [4.69, 9.17) is 9.47 Å². The van der Waals surface area contributed by atoms with Crippen molar-refractivity contribution >= 4 is 0 Å². The van der Waals surface area contributed by atoms with Gasteiger partial charge in [0, 0.05) is 26.6 Å². The van der Waals surface area contributed by atoms with E-state index in [-0.39, 0.29) is 5.41 Å². The van der Waals surface area contributed by atoms with E-state index in [0.717, 1.165) is 6.42 Å². The first-order valence-electron chi connectivity index (χ1n) is 12.5. The Bertz CT molecular complexity index is 328. The van der Waals surface area contributed by atoms with Crippen molar-refractivity contribution in [3.8, 4) is 0 Å². The van der Waals surface area contributed by atoms with E-state index in [2.05, 4.69) is 34.6 Å². The number of hydrogen-bond donors (Lipinski definition) is 0. The average Bonchev–Trinajstić information content (AvgIpc) is 2.66. The summed E-state index contributed by atoms with van der Waals surface area (Å²) in [6.07, 6.45) is 21.1. The van der Waals surface area contributed by atoms with Crippen LogP contribution in [0.4, 0.5) is 0 Å². The maximum absolute atomic E-state index is 6.11. The third-order valence-electron chi connectivity index (χ3n) is 6.49. The zero-order valence-electron chi connectivity index (χ0n) is 20.7. The smallest absolute Gasteiger partial charge is 0.170 e. The lowest BCUT2D eigenvalue weighted by atomic mass is 9.71. The van der Waals surface area contributed by atoms with E-state index in [1.807, 2.05) is 14.2 Å². The van der Waals surface area contributed by atoms with E-state index in [1.165, 1.54) is 96.3 Å². The summed E-state index contributed by atoms with van der Waals surface area (Å²) in [5.41, 5.74) is 0.190. The highest BCUT2D eigenvalue weighted by Gasteiger charge is 2.44. The molecule has 0 spiro atoms. The average molecular weight is 399 g/mol. The van der Waals surface area contributed by atoms with Crippen LogP contribution < -0.4 is 0 Å². The lowest BCUT2D eigenvalue weighted by Gasteiger charge is -2.45. The minimum atomic E-state index is -0.427. The van der Waals surface area contributed by atoms with Gasteiger partial charge in [0.05, 0.1) is 0 Å². The van der Waals surface area contributed by atoms with Crippen molar-refractivity contribution in [1.29, 1.82) is 0 Å². The SMILES string of the molecule is CCCCCCCCCCC(OC)(OC)C(CCCCCCCC)C(C)(C)C. The second-order valence-electron chi connectivity index (χ2n) is 9.92. The third kappa shape index (κ3) is 11.8. The molecular weight excluding hydrogens is 344 g/mol. The molecule has 0 radical (unpaired) electrons. The number of ether oxygens (including phenoxy) is 2. The van der Waals surface area contributed by atoms with Crippen LogP contribution in [-0.2, 0) is 9.47 Å². The van der Waals surface area contributed by atoms with Gasteiger partial charge in [0.2, 0.25) is 0 Å². The molecule has 0 fully saturated rings. The summed E-state index contributed by atoms with van der Waals surface area (Å²) in [6.45, 7) is 11.6. The summed E-state index contributed by atoms with van der Waals surface area (Å²) in [5.74, 6) is 0.00915. The van der Waals surface area contributed by atoms with Crippen LogP contribution in [0, 0.1) is 11.3 Å². The highest BCUT2D eigenvalue weighted by atomic mass is 16.7. The van der Waals surface area contributed by atoms with Crippen LogP contribution in [0.3, 0.4) is 0 Å². The van der Waals surface area contributed by atoms with Crippen molar-refractivity contribution in [2.24, 2.45) is 11.3 Å². The largest absolute Gasteiger partial charge is 0.353 e. The lowest BCUT2D eigenvalue weighted by Crippen LogP contribution is -2.48. The van der Waals surface area contributed by atoms with Crippen molar-refractivity contribution in [2.75, 3.05) is 14.2 Å². The summed E-state index contributed by atoms with van der Waals surface area (Å²) in [7, 11) is 3.71. The monoisotopic (exact) mass is 398 g/mol. The molecule has 0 heterocycles. The molecule has 0 aliphatic heterocycles. The fourth-order valence-corrected chi connectivity index (χ4v) is 4.69. The van der Waals surface area contributed by atoms with Crippen LogP contribution in [0.5, 0.6) is 0 Å². The first kappa shape index (κ1) is 27.9. The highest BCUT2D eigenvalue weighted by Crippen LogP contribution is 2.43. The molecule has 0 saturated heterocycles. The van der Waals surface area contributed by atoms with E-state index in [1.54, 1.807) is 0 Å². The van der Waals surface area contributed by atoms with Gasteiger partial charge in [-0.3, -0.25) is 0 Å². The second kappa shape index (κ2) is 16.7. The van der Waals surface area contributed by atoms with Gasteiger partial charge < -0.3 is 9.47 Å². The summed E-state index contributed by atoms with van der Waals surface area (Å²) in [6, 6.07) is 0. The van der Waals surface area contributed by atoms with Gasteiger partial charge in [0.25, 0.3) is 0 Å². The van der Waals surface area contributed by atoms with Crippen LogP contribution in [0.1, 0.15) is 137 Å². The second-order valence-corrected chi connectivity index (χ2v) is 9.92. The van der Waals surface area contributed by atoms with Gasteiger partial charge in [-0.1, -0.05) is 118 Å². The molecule has 0 N–H and O–H groups in total. The van der Waals surface area contributed by atoms with Crippen molar-refractivity contribution < 1.29 is 9.47 Å². The minimum Gasteiger partial charge on any atom is -0.353 e. The zero-order chi connectivity index (χ0) is 21.3. The third-order valence-corrected chi connectivity index (χ3v) is 6.49. The van der Waals surface area contributed by atoms with Gasteiger partial charge >= 0.3 is 0 Å². The lowest BCUT2D eigenvalue weighted by molar-refractivity contribution is -0.264. The van der Waals surface area contributed by atoms with Crippen molar-refractivity contribution in [3.63, 3.8) is 0 Å². The Morgan fingerprint density at radius 2 is 0.964 bits per heavy atom. The molecule has 170 valence electrons. The molecule has 0 aliphatic rings. The van der Waals surface area contributed by atoms with E-state index in [9.17, 15) is 0 Å². The minimum absolute atomic E-state index is 0.190. The Kier molecular flexibility index (Phi) is 16.6. The fraction of sp³-hybridized carbons (Fsp3) is 1.00. The van der Waals surface area contributed by atoms with Gasteiger partial charge in [-0.15, -0.1) is 0 Å². The van der Waals surface area contributed by atoms with E-state index in [0.29, 0.717) is 5.92 Å². The van der Waals surface area contributed by atoms with Crippen LogP contribution in [0.15, 0.2) is 0 Å². The first-order valence-corrected chi connectivity index (χ1v) is 12.5. The molecule has 0 aromatic rings. The number of hydrogen-bond acceptors (Lipinski definition) is 2. The number of methoxy groups -OCH3 is 2. The van der Waals surface area contributed by atoms with Crippen molar-refractivity contribution in [2.45, 2.75) is 143 Å². The van der Waals surface area contributed by atoms with Gasteiger partial charge in [0.1, 0.15) is 0 Å². The van der Waals surface area contributed by atoms with Gasteiger partial charge in [-0.05, 0) is 18.3 Å². The van der Waals surface area contributed by atoms with Crippen molar-refractivity contribution in [1.82, 2.24) is 0 Å². The molecule has 0 saturated carbocycles.